The first-order valence-corrected chi connectivity index (χ1v) is 7.97. The largest absolute Gasteiger partial charge is 0.456 e. The summed E-state index contributed by atoms with van der Waals surface area (Å²) in [4.78, 5) is 31.6. The van der Waals surface area contributed by atoms with Crippen LogP contribution in [0.5, 0.6) is 0 Å². The zero-order valence-electron chi connectivity index (χ0n) is 12.6. The number of aromatic nitrogens is 2. The van der Waals surface area contributed by atoms with Crippen molar-refractivity contribution in [1.82, 2.24) is 15.3 Å². The standard InChI is InChI=1S/C17H11N3O3S/c1-9-4-10(2-3-19-9)13-8-18-7-11-5-12(23-15(11)13)6-14-16(21)20-17(22)24-14/h2-8H,1H3,(H,20,21,22)/b14-6+. The van der Waals surface area contributed by atoms with E-state index in [0.29, 0.717) is 16.2 Å². The number of carbonyl (C=O) groups excluding carboxylic acids is 2. The van der Waals surface area contributed by atoms with Gasteiger partial charge >= 0.3 is 0 Å². The molecule has 0 unspecified atom stereocenters. The van der Waals surface area contributed by atoms with E-state index >= 15 is 0 Å². The lowest BCUT2D eigenvalue weighted by atomic mass is 10.1. The van der Waals surface area contributed by atoms with Crippen LogP contribution in [0.15, 0.2) is 46.1 Å². The first kappa shape index (κ1) is 14.6. The normalized spacial score (nSPS) is 16.1. The smallest absolute Gasteiger partial charge is 0.290 e. The van der Waals surface area contributed by atoms with Crippen LogP contribution in [0.4, 0.5) is 4.79 Å². The van der Waals surface area contributed by atoms with E-state index in [4.69, 9.17) is 4.42 Å². The fourth-order valence-electron chi connectivity index (χ4n) is 2.52. The van der Waals surface area contributed by atoms with Gasteiger partial charge < -0.3 is 4.42 Å². The van der Waals surface area contributed by atoms with Crippen molar-refractivity contribution in [3.63, 3.8) is 0 Å². The third-order valence-corrected chi connectivity index (χ3v) is 4.38. The minimum absolute atomic E-state index is 0.313. The number of carbonyl (C=O) groups is 2. The summed E-state index contributed by atoms with van der Waals surface area (Å²) in [7, 11) is 0. The summed E-state index contributed by atoms with van der Waals surface area (Å²) in [5.41, 5.74) is 3.38. The van der Waals surface area contributed by atoms with E-state index in [0.717, 1.165) is 34.0 Å². The molecule has 118 valence electrons. The summed E-state index contributed by atoms with van der Waals surface area (Å²) < 4.78 is 5.90. The van der Waals surface area contributed by atoms with Crippen molar-refractivity contribution in [2.24, 2.45) is 0 Å². The number of imide groups is 1. The Morgan fingerprint density at radius 2 is 2.12 bits per heavy atom. The van der Waals surface area contributed by atoms with Gasteiger partial charge in [-0.05, 0) is 42.4 Å². The van der Waals surface area contributed by atoms with Crippen molar-refractivity contribution >= 4 is 40.0 Å². The Labute approximate surface area is 141 Å². The number of hydrogen-bond acceptors (Lipinski definition) is 6. The number of hydrogen-bond donors (Lipinski definition) is 1. The first-order valence-electron chi connectivity index (χ1n) is 7.15. The number of aryl methyl sites for hydroxylation is 1. The Hall–Kier alpha value is -2.93. The Kier molecular flexibility index (Phi) is 3.42. The summed E-state index contributed by atoms with van der Waals surface area (Å²) in [6, 6.07) is 5.64. The lowest BCUT2D eigenvalue weighted by molar-refractivity contribution is -0.115. The number of fused-ring (bicyclic) bond motifs is 1. The van der Waals surface area contributed by atoms with Crippen LogP contribution in [-0.4, -0.2) is 21.1 Å². The van der Waals surface area contributed by atoms with Gasteiger partial charge in [0.15, 0.2) is 0 Å². The molecule has 1 aliphatic rings. The molecule has 3 aromatic heterocycles. The van der Waals surface area contributed by atoms with Gasteiger partial charge in [-0.25, -0.2) is 0 Å². The lowest BCUT2D eigenvalue weighted by Crippen LogP contribution is -2.17. The number of thioether (sulfide) groups is 1. The minimum Gasteiger partial charge on any atom is -0.456 e. The van der Waals surface area contributed by atoms with E-state index in [1.54, 1.807) is 30.7 Å². The van der Waals surface area contributed by atoms with Crippen LogP contribution in [0, 0.1) is 6.92 Å². The third kappa shape index (κ3) is 2.59. The van der Waals surface area contributed by atoms with Crippen molar-refractivity contribution in [1.29, 1.82) is 0 Å². The Bertz CT molecular complexity index is 1020. The number of rotatable bonds is 2. The third-order valence-electron chi connectivity index (χ3n) is 3.56. The van der Waals surface area contributed by atoms with Gasteiger partial charge in [0.1, 0.15) is 11.3 Å². The summed E-state index contributed by atoms with van der Waals surface area (Å²) in [6.07, 6.45) is 6.73. The number of nitrogens with one attached hydrogen (secondary N) is 1. The zero-order valence-corrected chi connectivity index (χ0v) is 13.4. The second-order valence-electron chi connectivity index (χ2n) is 5.29. The number of pyridine rings is 2. The molecular weight excluding hydrogens is 326 g/mol. The maximum absolute atomic E-state index is 11.6. The van der Waals surface area contributed by atoms with Gasteiger partial charge in [0.2, 0.25) is 0 Å². The zero-order chi connectivity index (χ0) is 16.7. The Morgan fingerprint density at radius 1 is 1.25 bits per heavy atom. The van der Waals surface area contributed by atoms with Crippen molar-refractivity contribution in [3.05, 3.63) is 53.1 Å². The quantitative estimate of drug-likeness (QED) is 0.720. The molecular formula is C17H11N3O3S. The fraction of sp³-hybridized carbons (Fsp3) is 0.0588. The summed E-state index contributed by atoms with van der Waals surface area (Å²) in [6.45, 7) is 1.92. The highest BCUT2D eigenvalue weighted by Gasteiger charge is 2.25. The summed E-state index contributed by atoms with van der Waals surface area (Å²) >= 11 is 0.859. The van der Waals surface area contributed by atoms with Crippen molar-refractivity contribution in [2.45, 2.75) is 6.92 Å². The van der Waals surface area contributed by atoms with Gasteiger partial charge in [0, 0.05) is 41.3 Å². The van der Waals surface area contributed by atoms with Crippen molar-refractivity contribution in [3.8, 4) is 11.1 Å². The van der Waals surface area contributed by atoms with E-state index < -0.39 is 5.91 Å². The van der Waals surface area contributed by atoms with E-state index in [-0.39, 0.29) is 5.24 Å². The maximum atomic E-state index is 11.6. The van der Waals surface area contributed by atoms with Crippen LogP contribution < -0.4 is 5.32 Å². The molecule has 6 nitrogen and oxygen atoms in total. The van der Waals surface area contributed by atoms with Crippen LogP contribution in [-0.2, 0) is 4.79 Å². The monoisotopic (exact) mass is 337 g/mol. The molecule has 0 radical (unpaired) electrons. The lowest BCUT2D eigenvalue weighted by Gasteiger charge is -2.02. The molecule has 1 N–H and O–H groups in total. The topological polar surface area (TPSA) is 85.1 Å². The highest BCUT2D eigenvalue weighted by Crippen LogP contribution is 2.32. The molecule has 4 heterocycles. The number of furan rings is 1. The second-order valence-corrected chi connectivity index (χ2v) is 6.31. The van der Waals surface area contributed by atoms with Crippen LogP contribution in [0.2, 0.25) is 0 Å². The Balaban J connectivity index is 1.82. The Morgan fingerprint density at radius 3 is 2.88 bits per heavy atom. The molecule has 0 spiro atoms. The number of nitrogens with zero attached hydrogens (tertiary/aromatic N) is 2. The minimum atomic E-state index is -0.409. The second kappa shape index (κ2) is 5.61. The molecule has 0 bridgehead atoms. The van der Waals surface area contributed by atoms with Crippen LogP contribution in [0.25, 0.3) is 28.2 Å². The highest BCUT2D eigenvalue weighted by molar-refractivity contribution is 8.18. The van der Waals surface area contributed by atoms with Gasteiger partial charge in [0.25, 0.3) is 11.1 Å². The highest BCUT2D eigenvalue weighted by atomic mass is 32.2. The summed E-state index contributed by atoms with van der Waals surface area (Å²) in [5.74, 6) is 0.0888. The molecule has 1 saturated heterocycles. The molecule has 0 aliphatic carbocycles. The van der Waals surface area contributed by atoms with E-state index in [9.17, 15) is 9.59 Å². The molecule has 2 amide bonds. The van der Waals surface area contributed by atoms with Gasteiger partial charge in [0.05, 0.1) is 4.91 Å². The average Bonchev–Trinajstić information content (AvgIpc) is 3.09. The molecule has 1 fully saturated rings. The molecule has 0 saturated carbocycles. The molecule has 0 aromatic carbocycles. The van der Waals surface area contributed by atoms with Crippen molar-refractivity contribution in [2.75, 3.05) is 0 Å². The maximum Gasteiger partial charge on any atom is 0.290 e. The van der Waals surface area contributed by atoms with Crippen LogP contribution >= 0.6 is 11.8 Å². The molecule has 24 heavy (non-hydrogen) atoms. The van der Waals surface area contributed by atoms with E-state index in [1.807, 2.05) is 19.1 Å². The van der Waals surface area contributed by atoms with Gasteiger partial charge in [-0.3, -0.25) is 24.9 Å². The van der Waals surface area contributed by atoms with E-state index in [1.165, 1.54) is 0 Å². The molecule has 0 atom stereocenters. The number of amides is 2. The van der Waals surface area contributed by atoms with Crippen LogP contribution in [0.1, 0.15) is 11.5 Å². The van der Waals surface area contributed by atoms with Crippen LogP contribution in [0.3, 0.4) is 0 Å². The van der Waals surface area contributed by atoms with E-state index in [2.05, 4.69) is 15.3 Å². The van der Waals surface area contributed by atoms with Gasteiger partial charge in [-0.15, -0.1) is 0 Å². The molecule has 1 aliphatic heterocycles. The first-order chi connectivity index (χ1) is 11.6. The average molecular weight is 337 g/mol. The van der Waals surface area contributed by atoms with Gasteiger partial charge in [-0.2, -0.15) is 0 Å². The SMILES string of the molecule is Cc1cc(-c2cncc3cc(/C=C4/SC(=O)NC4=O)oc23)ccn1. The fourth-order valence-corrected chi connectivity index (χ4v) is 3.18. The summed E-state index contributed by atoms with van der Waals surface area (Å²) in [5, 5.41) is 2.67. The predicted octanol–water partition coefficient (Wildman–Crippen LogP) is 3.52. The van der Waals surface area contributed by atoms with Gasteiger partial charge in [-0.1, -0.05) is 0 Å². The molecule has 7 heteroatoms. The predicted molar refractivity (Wildman–Crippen MR) is 91.1 cm³/mol. The van der Waals surface area contributed by atoms with Crippen molar-refractivity contribution < 1.29 is 14.0 Å². The molecule has 3 aromatic rings. The molecule has 4 rings (SSSR count).